The fraction of sp³-hybridized carbons (Fsp3) is 0.222. The first kappa shape index (κ1) is 22.4. The van der Waals surface area contributed by atoms with Crippen LogP contribution < -0.4 is 9.47 Å². The zero-order valence-corrected chi connectivity index (χ0v) is 20.1. The van der Waals surface area contributed by atoms with E-state index in [-0.39, 0.29) is 6.61 Å². The number of rotatable bonds is 6. The van der Waals surface area contributed by atoms with Gasteiger partial charge in [0, 0.05) is 29.5 Å². The average Bonchev–Trinajstić information content (AvgIpc) is 2.87. The summed E-state index contributed by atoms with van der Waals surface area (Å²) in [4.78, 5) is 14.2. The Hall–Kier alpha value is -3.42. The highest BCUT2D eigenvalue weighted by molar-refractivity contribution is 7.98. The maximum absolute atomic E-state index is 9.88. The van der Waals surface area contributed by atoms with Crippen LogP contribution in [-0.2, 0) is 18.8 Å². The van der Waals surface area contributed by atoms with Crippen molar-refractivity contribution in [3.63, 3.8) is 0 Å². The molecule has 3 heterocycles. The Bertz CT molecular complexity index is 1360. The number of benzene rings is 2. The SMILES string of the molecule is COc1ccccc1-c1nc2c(c(SCc3ccc(C)cc3)n1)Cc1c(CO)cnc(C)c1O2. The van der Waals surface area contributed by atoms with Crippen molar-refractivity contribution in [3.8, 4) is 28.8 Å². The number of aliphatic hydroxyl groups excluding tert-OH is 1. The lowest BCUT2D eigenvalue weighted by atomic mass is 9.99. The van der Waals surface area contributed by atoms with Crippen molar-refractivity contribution in [1.82, 2.24) is 15.0 Å². The Morgan fingerprint density at radius 3 is 2.59 bits per heavy atom. The Morgan fingerprint density at radius 1 is 1.03 bits per heavy atom. The van der Waals surface area contributed by atoms with E-state index in [9.17, 15) is 5.11 Å². The molecule has 34 heavy (non-hydrogen) atoms. The number of hydrogen-bond donors (Lipinski definition) is 1. The topological polar surface area (TPSA) is 77.4 Å². The highest BCUT2D eigenvalue weighted by Gasteiger charge is 2.28. The van der Waals surface area contributed by atoms with Gasteiger partial charge in [-0.15, -0.1) is 11.8 Å². The van der Waals surface area contributed by atoms with E-state index in [1.807, 2.05) is 31.2 Å². The van der Waals surface area contributed by atoms with Gasteiger partial charge in [-0.25, -0.2) is 4.98 Å². The van der Waals surface area contributed by atoms with Gasteiger partial charge >= 0.3 is 0 Å². The number of methoxy groups -OCH3 is 1. The quantitative estimate of drug-likeness (QED) is 0.253. The molecule has 0 spiro atoms. The van der Waals surface area contributed by atoms with Crippen molar-refractivity contribution < 1.29 is 14.6 Å². The van der Waals surface area contributed by atoms with Gasteiger partial charge in [0.15, 0.2) is 11.6 Å². The van der Waals surface area contributed by atoms with Crippen LogP contribution in [0.3, 0.4) is 0 Å². The molecule has 1 N–H and O–H groups in total. The summed E-state index contributed by atoms with van der Waals surface area (Å²) >= 11 is 1.66. The minimum absolute atomic E-state index is 0.0969. The Morgan fingerprint density at radius 2 is 1.82 bits per heavy atom. The highest BCUT2D eigenvalue weighted by Crippen LogP contribution is 2.43. The maximum atomic E-state index is 9.88. The third-order valence-corrected chi connectivity index (χ3v) is 6.99. The normalized spacial score (nSPS) is 12.0. The van der Waals surface area contributed by atoms with Crippen LogP contribution in [0.5, 0.6) is 17.4 Å². The van der Waals surface area contributed by atoms with Crippen LogP contribution in [-0.4, -0.2) is 27.2 Å². The molecule has 2 aromatic carbocycles. The first-order chi connectivity index (χ1) is 16.6. The molecule has 0 aliphatic carbocycles. The van der Waals surface area contributed by atoms with Gasteiger partial charge in [-0.3, -0.25) is 4.98 Å². The van der Waals surface area contributed by atoms with Crippen LogP contribution in [0, 0.1) is 13.8 Å². The Kier molecular flexibility index (Phi) is 6.22. The monoisotopic (exact) mass is 471 g/mol. The van der Waals surface area contributed by atoms with Crippen molar-refractivity contribution in [3.05, 3.63) is 88.2 Å². The third kappa shape index (κ3) is 4.24. The lowest BCUT2D eigenvalue weighted by molar-refractivity contribution is 0.278. The molecule has 4 aromatic rings. The number of aromatic nitrogens is 3. The molecule has 0 bridgehead atoms. The summed E-state index contributed by atoms with van der Waals surface area (Å²) in [5.74, 6) is 3.21. The number of ether oxygens (including phenoxy) is 2. The third-order valence-electron chi connectivity index (χ3n) is 5.90. The van der Waals surface area contributed by atoms with Crippen molar-refractivity contribution in [1.29, 1.82) is 0 Å². The second-order valence-corrected chi connectivity index (χ2v) is 9.19. The summed E-state index contributed by atoms with van der Waals surface area (Å²) in [6.45, 7) is 3.89. The predicted molar refractivity (Wildman–Crippen MR) is 133 cm³/mol. The molecule has 7 heteroatoms. The van der Waals surface area contributed by atoms with Gasteiger partial charge < -0.3 is 14.6 Å². The number of pyridine rings is 1. The van der Waals surface area contributed by atoms with Gasteiger partial charge in [0.2, 0.25) is 5.88 Å². The van der Waals surface area contributed by atoms with Crippen molar-refractivity contribution >= 4 is 11.8 Å². The van der Waals surface area contributed by atoms with Gasteiger partial charge in [-0.1, -0.05) is 42.0 Å². The maximum Gasteiger partial charge on any atom is 0.227 e. The lowest BCUT2D eigenvalue weighted by Crippen LogP contribution is -2.13. The predicted octanol–water partition coefficient (Wildman–Crippen LogP) is 5.65. The molecule has 0 saturated carbocycles. The van der Waals surface area contributed by atoms with E-state index in [2.05, 4.69) is 36.2 Å². The van der Waals surface area contributed by atoms with Gasteiger partial charge in [-0.2, -0.15) is 4.98 Å². The molecule has 0 amide bonds. The van der Waals surface area contributed by atoms with Gasteiger partial charge in [0.25, 0.3) is 0 Å². The molecule has 1 aliphatic heterocycles. The second-order valence-electron chi connectivity index (χ2n) is 8.22. The molecular formula is C27H25N3O3S. The molecule has 0 unspecified atom stereocenters. The number of thioether (sulfide) groups is 1. The molecule has 0 atom stereocenters. The summed E-state index contributed by atoms with van der Waals surface area (Å²) in [5.41, 5.74) is 6.64. The lowest BCUT2D eigenvalue weighted by Gasteiger charge is -2.24. The molecule has 1 aliphatic rings. The van der Waals surface area contributed by atoms with Gasteiger partial charge in [0.05, 0.1) is 30.5 Å². The van der Waals surface area contributed by atoms with E-state index in [1.54, 1.807) is 25.1 Å². The number of aliphatic hydroxyl groups is 1. The van der Waals surface area contributed by atoms with E-state index < -0.39 is 0 Å². The number of fused-ring (bicyclic) bond motifs is 2. The van der Waals surface area contributed by atoms with Crippen molar-refractivity contribution in [2.45, 2.75) is 37.7 Å². The van der Waals surface area contributed by atoms with Crippen molar-refractivity contribution in [2.75, 3.05) is 7.11 Å². The standard InChI is InChI=1S/C27H25N3O3S/c1-16-8-10-18(11-9-16)15-34-27-22-12-21-19(14-31)13-28-17(2)24(21)33-26(22)29-25(30-27)20-6-4-5-7-23(20)32-3/h4-11,13,31H,12,14-15H2,1-3H3. The second kappa shape index (κ2) is 9.44. The number of aryl methyl sites for hydroxylation is 2. The van der Waals surface area contributed by atoms with E-state index in [0.717, 1.165) is 38.7 Å². The highest BCUT2D eigenvalue weighted by atomic mass is 32.2. The molecule has 5 rings (SSSR count). The summed E-state index contributed by atoms with van der Waals surface area (Å²) in [7, 11) is 1.64. The number of nitrogens with zero attached hydrogens (tertiary/aromatic N) is 3. The van der Waals surface area contributed by atoms with Gasteiger partial charge in [-0.05, 0) is 31.5 Å². The van der Waals surface area contributed by atoms with E-state index in [4.69, 9.17) is 19.4 Å². The first-order valence-electron chi connectivity index (χ1n) is 11.1. The molecular weight excluding hydrogens is 446 g/mol. The summed E-state index contributed by atoms with van der Waals surface area (Å²) in [5, 5.41) is 10.7. The smallest absolute Gasteiger partial charge is 0.227 e. The van der Waals surface area contributed by atoms with Gasteiger partial charge in [0.1, 0.15) is 10.8 Å². The molecule has 0 fully saturated rings. The Labute approximate surface area is 203 Å². The van der Waals surface area contributed by atoms with E-state index in [0.29, 0.717) is 29.6 Å². The molecule has 0 radical (unpaired) electrons. The Balaban J connectivity index is 1.61. The minimum Gasteiger partial charge on any atom is -0.496 e. The first-order valence-corrected chi connectivity index (χ1v) is 12.0. The fourth-order valence-electron chi connectivity index (χ4n) is 4.00. The number of para-hydroxylation sites is 1. The zero-order valence-electron chi connectivity index (χ0n) is 19.3. The minimum atomic E-state index is -0.0969. The van der Waals surface area contributed by atoms with Crippen LogP contribution in [0.1, 0.15) is 33.5 Å². The van der Waals surface area contributed by atoms with Crippen LogP contribution >= 0.6 is 11.8 Å². The summed E-state index contributed by atoms with van der Waals surface area (Å²) < 4.78 is 11.9. The molecule has 0 saturated heterocycles. The van der Waals surface area contributed by atoms with Crippen LogP contribution in [0.4, 0.5) is 0 Å². The van der Waals surface area contributed by atoms with Crippen molar-refractivity contribution in [2.24, 2.45) is 0 Å². The van der Waals surface area contributed by atoms with Crippen LogP contribution in [0.25, 0.3) is 11.4 Å². The largest absolute Gasteiger partial charge is 0.496 e. The molecule has 6 nitrogen and oxygen atoms in total. The van der Waals surface area contributed by atoms with Crippen LogP contribution in [0.15, 0.2) is 59.8 Å². The molecule has 2 aromatic heterocycles. The van der Waals surface area contributed by atoms with Crippen LogP contribution in [0.2, 0.25) is 0 Å². The summed E-state index contributed by atoms with van der Waals surface area (Å²) in [6.07, 6.45) is 2.29. The average molecular weight is 472 g/mol. The summed E-state index contributed by atoms with van der Waals surface area (Å²) in [6, 6.07) is 16.2. The van der Waals surface area contributed by atoms with E-state index >= 15 is 0 Å². The number of hydrogen-bond acceptors (Lipinski definition) is 7. The zero-order chi connectivity index (χ0) is 23.7. The molecule has 172 valence electrons. The van der Waals surface area contributed by atoms with E-state index in [1.165, 1.54) is 11.1 Å². The fourth-order valence-corrected chi connectivity index (χ4v) is 4.98.